The number of rotatable bonds is 5. The van der Waals surface area contributed by atoms with E-state index >= 15 is 0 Å². The van der Waals surface area contributed by atoms with Gasteiger partial charge in [-0.2, -0.15) is 0 Å². The molecule has 0 amide bonds. The molecule has 1 unspecified atom stereocenters. The van der Waals surface area contributed by atoms with Crippen molar-refractivity contribution >= 4 is 11.6 Å². The maximum absolute atomic E-state index is 13.2. The molecule has 1 nitrogen and oxygen atoms in total. The number of hydrogen-bond donors (Lipinski definition) is 1. The average Bonchev–Trinajstić information content (AvgIpc) is 2.43. The fourth-order valence-corrected chi connectivity index (χ4v) is 2.33. The highest BCUT2D eigenvalue weighted by atomic mass is 35.5. The summed E-state index contributed by atoms with van der Waals surface area (Å²) in [5.74, 6) is -0.242. The Bertz CT molecular complexity index is 528. The van der Waals surface area contributed by atoms with Crippen LogP contribution in [0.1, 0.15) is 11.1 Å². The molecule has 0 heterocycles. The molecular weight excluding hydrogens is 261 g/mol. The second kappa shape index (κ2) is 6.69. The lowest BCUT2D eigenvalue weighted by atomic mass is 9.99. The van der Waals surface area contributed by atoms with Gasteiger partial charge >= 0.3 is 0 Å². The van der Waals surface area contributed by atoms with Gasteiger partial charge in [0.1, 0.15) is 5.82 Å². The number of nitrogens with one attached hydrogen (secondary N) is 1. The Kier molecular flexibility index (Phi) is 4.94. The van der Waals surface area contributed by atoms with Gasteiger partial charge in [-0.05, 0) is 49.2 Å². The van der Waals surface area contributed by atoms with E-state index in [0.717, 1.165) is 12.0 Å². The fraction of sp³-hybridized carbons (Fsp3) is 0.250. The zero-order chi connectivity index (χ0) is 13.7. The Morgan fingerprint density at radius 3 is 2.53 bits per heavy atom. The van der Waals surface area contributed by atoms with Crippen molar-refractivity contribution in [3.63, 3.8) is 0 Å². The van der Waals surface area contributed by atoms with E-state index in [1.54, 1.807) is 6.07 Å². The molecule has 0 bridgehead atoms. The van der Waals surface area contributed by atoms with Crippen molar-refractivity contribution in [2.24, 2.45) is 0 Å². The van der Waals surface area contributed by atoms with Gasteiger partial charge in [0, 0.05) is 11.1 Å². The molecule has 1 N–H and O–H groups in total. The number of benzene rings is 2. The van der Waals surface area contributed by atoms with Crippen LogP contribution >= 0.6 is 11.6 Å². The molecule has 2 aromatic carbocycles. The molecule has 0 spiro atoms. The van der Waals surface area contributed by atoms with Crippen molar-refractivity contribution in [2.45, 2.75) is 18.9 Å². The van der Waals surface area contributed by atoms with Gasteiger partial charge in [0.05, 0.1) is 0 Å². The highest BCUT2D eigenvalue weighted by Gasteiger charge is 2.11. The van der Waals surface area contributed by atoms with Crippen LogP contribution in [0.4, 0.5) is 4.39 Å². The van der Waals surface area contributed by atoms with E-state index in [9.17, 15) is 4.39 Å². The van der Waals surface area contributed by atoms with E-state index in [0.29, 0.717) is 11.4 Å². The van der Waals surface area contributed by atoms with Crippen LogP contribution in [0.5, 0.6) is 0 Å². The molecule has 2 aromatic rings. The second-order valence-electron chi connectivity index (χ2n) is 4.62. The number of halogens is 2. The average molecular weight is 278 g/mol. The van der Waals surface area contributed by atoms with Crippen LogP contribution in [-0.2, 0) is 12.8 Å². The molecule has 1 atom stereocenters. The van der Waals surface area contributed by atoms with Gasteiger partial charge < -0.3 is 5.32 Å². The van der Waals surface area contributed by atoms with Crippen molar-refractivity contribution in [1.29, 1.82) is 0 Å². The van der Waals surface area contributed by atoms with E-state index in [2.05, 4.69) is 17.4 Å². The molecule has 2 rings (SSSR count). The highest BCUT2D eigenvalue weighted by Crippen LogP contribution is 2.19. The minimum absolute atomic E-state index is 0.238. The molecule has 0 saturated heterocycles. The highest BCUT2D eigenvalue weighted by molar-refractivity contribution is 6.31. The third kappa shape index (κ3) is 4.05. The molecule has 0 aromatic heterocycles. The summed E-state index contributed by atoms with van der Waals surface area (Å²) >= 11 is 6.11. The van der Waals surface area contributed by atoms with Crippen LogP contribution in [-0.4, -0.2) is 13.1 Å². The van der Waals surface area contributed by atoms with E-state index < -0.39 is 0 Å². The minimum Gasteiger partial charge on any atom is -0.316 e. The van der Waals surface area contributed by atoms with Gasteiger partial charge in [0.2, 0.25) is 0 Å². The fourth-order valence-electron chi connectivity index (χ4n) is 2.14. The van der Waals surface area contributed by atoms with E-state index in [-0.39, 0.29) is 11.9 Å². The summed E-state index contributed by atoms with van der Waals surface area (Å²) in [6.45, 7) is 0. The maximum Gasteiger partial charge on any atom is 0.123 e. The van der Waals surface area contributed by atoms with Crippen molar-refractivity contribution in [3.05, 3.63) is 70.5 Å². The van der Waals surface area contributed by atoms with Crippen molar-refractivity contribution in [3.8, 4) is 0 Å². The molecule has 19 heavy (non-hydrogen) atoms. The Balaban J connectivity index is 2.09. The van der Waals surface area contributed by atoms with Gasteiger partial charge in [0.15, 0.2) is 0 Å². The van der Waals surface area contributed by atoms with Crippen LogP contribution in [0, 0.1) is 5.82 Å². The summed E-state index contributed by atoms with van der Waals surface area (Å²) in [6, 6.07) is 15.0. The number of hydrogen-bond acceptors (Lipinski definition) is 1. The second-order valence-corrected chi connectivity index (χ2v) is 5.02. The molecule has 100 valence electrons. The van der Waals surface area contributed by atoms with E-state index in [4.69, 9.17) is 11.6 Å². The third-order valence-corrected chi connectivity index (χ3v) is 3.58. The standard InChI is InChI=1S/C16H17ClFN/c1-19-15(9-12-5-3-2-4-6-12)11-13-10-14(18)7-8-16(13)17/h2-8,10,15,19H,9,11H2,1H3. The summed E-state index contributed by atoms with van der Waals surface area (Å²) in [5, 5.41) is 3.88. The zero-order valence-corrected chi connectivity index (χ0v) is 11.6. The Morgan fingerprint density at radius 2 is 1.84 bits per heavy atom. The van der Waals surface area contributed by atoms with Crippen LogP contribution in [0.2, 0.25) is 5.02 Å². The largest absolute Gasteiger partial charge is 0.316 e. The minimum atomic E-state index is -0.242. The molecule has 3 heteroatoms. The maximum atomic E-state index is 13.2. The normalized spacial score (nSPS) is 12.4. The first-order valence-corrected chi connectivity index (χ1v) is 6.72. The quantitative estimate of drug-likeness (QED) is 0.875. The first kappa shape index (κ1) is 14.0. The van der Waals surface area contributed by atoms with Crippen molar-refractivity contribution in [2.75, 3.05) is 7.05 Å². The molecule has 0 aliphatic rings. The van der Waals surface area contributed by atoms with Crippen LogP contribution in [0.3, 0.4) is 0 Å². The topological polar surface area (TPSA) is 12.0 Å². The van der Waals surface area contributed by atoms with E-state index in [1.165, 1.54) is 17.7 Å². The van der Waals surface area contributed by atoms with Crippen molar-refractivity contribution < 1.29 is 4.39 Å². The van der Waals surface area contributed by atoms with Crippen LogP contribution in [0.25, 0.3) is 0 Å². The summed E-state index contributed by atoms with van der Waals surface area (Å²) in [6.07, 6.45) is 1.60. The first-order valence-electron chi connectivity index (χ1n) is 6.34. The lowest BCUT2D eigenvalue weighted by Crippen LogP contribution is -2.30. The van der Waals surface area contributed by atoms with Gasteiger partial charge in [0.25, 0.3) is 0 Å². The Labute approximate surface area is 118 Å². The summed E-state index contributed by atoms with van der Waals surface area (Å²) in [4.78, 5) is 0. The Hall–Kier alpha value is -1.38. The number of likely N-dealkylation sites (N-methyl/N-ethyl adjacent to an activating group) is 1. The third-order valence-electron chi connectivity index (χ3n) is 3.21. The summed E-state index contributed by atoms with van der Waals surface area (Å²) in [5.41, 5.74) is 2.10. The van der Waals surface area contributed by atoms with Gasteiger partial charge in [-0.25, -0.2) is 4.39 Å². The summed E-state index contributed by atoms with van der Waals surface area (Å²) in [7, 11) is 1.92. The predicted molar refractivity (Wildman–Crippen MR) is 78.1 cm³/mol. The summed E-state index contributed by atoms with van der Waals surface area (Å²) < 4.78 is 13.2. The smallest absolute Gasteiger partial charge is 0.123 e. The molecular formula is C16H17ClFN. The van der Waals surface area contributed by atoms with Gasteiger partial charge in [-0.3, -0.25) is 0 Å². The molecule has 0 aliphatic carbocycles. The molecule has 0 fully saturated rings. The van der Waals surface area contributed by atoms with Crippen molar-refractivity contribution in [1.82, 2.24) is 5.32 Å². The van der Waals surface area contributed by atoms with Crippen LogP contribution in [0.15, 0.2) is 48.5 Å². The zero-order valence-electron chi connectivity index (χ0n) is 10.9. The molecule has 0 aliphatic heterocycles. The van der Waals surface area contributed by atoms with Gasteiger partial charge in [-0.15, -0.1) is 0 Å². The predicted octanol–water partition coefficient (Wildman–Crippen LogP) is 3.85. The lowest BCUT2D eigenvalue weighted by molar-refractivity contribution is 0.553. The Morgan fingerprint density at radius 1 is 1.11 bits per heavy atom. The first-order chi connectivity index (χ1) is 9.19. The van der Waals surface area contributed by atoms with Gasteiger partial charge in [-0.1, -0.05) is 41.9 Å². The van der Waals surface area contributed by atoms with Crippen LogP contribution < -0.4 is 5.32 Å². The van der Waals surface area contributed by atoms with E-state index in [1.807, 2.05) is 25.2 Å². The molecule has 0 saturated carbocycles. The monoisotopic (exact) mass is 277 g/mol. The molecule has 0 radical (unpaired) electrons. The lowest BCUT2D eigenvalue weighted by Gasteiger charge is -2.17. The SMILES string of the molecule is CNC(Cc1ccccc1)Cc1cc(F)ccc1Cl.